The van der Waals surface area contributed by atoms with Crippen LogP contribution in [0.25, 0.3) is 0 Å². The average Bonchev–Trinajstić information content (AvgIpc) is 3.44. The van der Waals surface area contributed by atoms with Gasteiger partial charge in [-0.05, 0) is 55.8 Å². The number of nitrogens with zero attached hydrogens (tertiary/aromatic N) is 1. The highest BCUT2D eigenvalue weighted by molar-refractivity contribution is 7.88. The molecular weight excluding hydrogens is 340 g/mol. The fraction of sp³-hybridized carbons (Fsp3) is 0.611. The molecule has 25 heavy (non-hydrogen) atoms. The van der Waals surface area contributed by atoms with E-state index in [1.807, 2.05) is 0 Å². The molecule has 3 rings (SSSR count). The fourth-order valence-electron chi connectivity index (χ4n) is 3.20. The summed E-state index contributed by atoms with van der Waals surface area (Å²) in [5.41, 5.74) is 0.982. The molecule has 0 spiro atoms. The maximum absolute atomic E-state index is 12.7. The maximum atomic E-state index is 12.7. The highest BCUT2D eigenvalue weighted by Crippen LogP contribution is 2.28. The molecule has 0 radical (unpaired) electrons. The van der Waals surface area contributed by atoms with Crippen molar-refractivity contribution >= 4 is 16.0 Å². The van der Waals surface area contributed by atoms with Gasteiger partial charge >= 0.3 is 5.97 Å². The quantitative estimate of drug-likeness (QED) is 0.745. The summed E-state index contributed by atoms with van der Waals surface area (Å²) in [6, 6.07) is 7.06. The lowest BCUT2D eigenvalue weighted by Gasteiger charge is -2.31. The Morgan fingerprint density at radius 3 is 2.60 bits per heavy atom. The third-order valence-corrected chi connectivity index (χ3v) is 6.79. The molecule has 1 aliphatic heterocycles. The van der Waals surface area contributed by atoms with Crippen molar-refractivity contribution in [3.05, 3.63) is 35.4 Å². The molecule has 6 nitrogen and oxygen atoms in total. The van der Waals surface area contributed by atoms with E-state index in [4.69, 9.17) is 0 Å². The van der Waals surface area contributed by atoms with E-state index in [0.717, 1.165) is 25.3 Å². The van der Waals surface area contributed by atoms with E-state index in [0.29, 0.717) is 30.3 Å². The van der Waals surface area contributed by atoms with Crippen LogP contribution in [0.4, 0.5) is 0 Å². The second-order valence-electron chi connectivity index (χ2n) is 6.97. The van der Waals surface area contributed by atoms with E-state index in [2.05, 4.69) is 10.1 Å². The van der Waals surface area contributed by atoms with Crippen molar-refractivity contribution in [2.24, 2.45) is 5.92 Å². The van der Waals surface area contributed by atoms with Crippen molar-refractivity contribution < 1.29 is 17.9 Å². The lowest BCUT2D eigenvalue weighted by atomic mass is 10.1. The number of methoxy groups -OCH3 is 1. The van der Waals surface area contributed by atoms with Gasteiger partial charge < -0.3 is 10.1 Å². The van der Waals surface area contributed by atoms with Gasteiger partial charge in [-0.25, -0.2) is 17.5 Å². The smallest absolute Gasteiger partial charge is 0.337 e. The average molecular weight is 366 g/mol. The zero-order valence-electron chi connectivity index (χ0n) is 14.6. The van der Waals surface area contributed by atoms with Crippen LogP contribution in [-0.2, 0) is 20.5 Å². The Balaban J connectivity index is 1.56. The Morgan fingerprint density at radius 2 is 1.96 bits per heavy atom. The van der Waals surface area contributed by atoms with Gasteiger partial charge in [0.25, 0.3) is 0 Å². The third kappa shape index (κ3) is 5.03. The molecule has 2 fully saturated rings. The van der Waals surface area contributed by atoms with Gasteiger partial charge in [0.15, 0.2) is 0 Å². The summed E-state index contributed by atoms with van der Waals surface area (Å²) in [5.74, 6) is 0.295. The number of sulfonamides is 1. The molecule has 1 aliphatic carbocycles. The van der Waals surface area contributed by atoms with Crippen molar-refractivity contribution in [2.45, 2.75) is 37.5 Å². The topological polar surface area (TPSA) is 75.7 Å². The summed E-state index contributed by atoms with van der Waals surface area (Å²) in [6.07, 6.45) is 4.36. The van der Waals surface area contributed by atoms with E-state index < -0.39 is 16.0 Å². The number of ether oxygens (including phenoxy) is 1. The highest BCUT2D eigenvalue weighted by atomic mass is 32.2. The molecule has 0 atom stereocenters. The number of carbonyl (C=O) groups excluding carboxylic acids is 1. The normalized spacial score (nSPS) is 19.7. The van der Waals surface area contributed by atoms with Gasteiger partial charge in [0.05, 0.1) is 18.4 Å². The van der Waals surface area contributed by atoms with Crippen LogP contribution >= 0.6 is 0 Å². The molecule has 0 amide bonds. The molecule has 1 aromatic rings. The second kappa shape index (κ2) is 7.85. The van der Waals surface area contributed by atoms with Crippen molar-refractivity contribution in [1.82, 2.24) is 9.62 Å². The Bertz CT molecular complexity index is 708. The molecule has 7 heteroatoms. The number of nitrogens with one attached hydrogen (secondary N) is 1. The van der Waals surface area contributed by atoms with Crippen molar-refractivity contribution in [2.75, 3.05) is 26.7 Å². The first-order chi connectivity index (χ1) is 12.0. The van der Waals surface area contributed by atoms with Crippen LogP contribution in [0.5, 0.6) is 0 Å². The van der Waals surface area contributed by atoms with Gasteiger partial charge in [-0.15, -0.1) is 0 Å². The predicted molar refractivity (Wildman–Crippen MR) is 95.7 cm³/mol. The summed E-state index contributed by atoms with van der Waals surface area (Å²) in [7, 11) is -2.06. The number of hydrogen-bond acceptors (Lipinski definition) is 5. The zero-order valence-corrected chi connectivity index (χ0v) is 15.4. The molecule has 0 aromatic heterocycles. The molecule has 1 aromatic carbocycles. The monoisotopic (exact) mass is 366 g/mol. The summed E-state index contributed by atoms with van der Waals surface area (Å²) < 4.78 is 31.6. The number of rotatable bonds is 7. The molecule has 1 N–H and O–H groups in total. The summed E-state index contributed by atoms with van der Waals surface area (Å²) in [5, 5.41) is 3.56. The van der Waals surface area contributed by atoms with E-state index in [1.165, 1.54) is 20.0 Å². The Hall–Kier alpha value is -1.44. The van der Waals surface area contributed by atoms with Crippen LogP contribution in [0, 0.1) is 5.92 Å². The molecule has 1 heterocycles. The molecule has 2 aliphatic rings. The number of carbonyl (C=O) groups is 1. The largest absolute Gasteiger partial charge is 0.465 e. The fourth-order valence-corrected chi connectivity index (χ4v) is 4.75. The van der Waals surface area contributed by atoms with Gasteiger partial charge in [-0.3, -0.25) is 0 Å². The minimum Gasteiger partial charge on any atom is -0.465 e. The van der Waals surface area contributed by atoms with Crippen molar-refractivity contribution in [3.8, 4) is 0 Å². The SMILES string of the molecule is COC(=O)c1cccc(CS(=O)(=O)N2CCC(NCC3CC3)CC2)c1. The first-order valence-electron chi connectivity index (χ1n) is 8.86. The van der Waals surface area contributed by atoms with Crippen molar-refractivity contribution in [3.63, 3.8) is 0 Å². The first-order valence-corrected chi connectivity index (χ1v) is 10.5. The molecule has 1 saturated heterocycles. The number of piperidine rings is 1. The summed E-state index contributed by atoms with van der Waals surface area (Å²) in [4.78, 5) is 11.6. The van der Waals surface area contributed by atoms with Gasteiger partial charge in [0.2, 0.25) is 10.0 Å². The first kappa shape index (κ1) is 18.4. The van der Waals surface area contributed by atoms with Crippen LogP contribution in [-0.4, -0.2) is 51.5 Å². The molecule has 0 unspecified atom stereocenters. The second-order valence-corrected chi connectivity index (χ2v) is 8.94. The maximum Gasteiger partial charge on any atom is 0.337 e. The van der Waals surface area contributed by atoms with E-state index in [-0.39, 0.29) is 5.75 Å². The minimum atomic E-state index is -3.37. The molecule has 138 valence electrons. The van der Waals surface area contributed by atoms with Gasteiger partial charge in [0, 0.05) is 19.1 Å². The van der Waals surface area contributed by atoms with Gasteiger partial charge in [-0.2, -0.15) is 0 Å². The van der Waals surface area contributed by atoms with E-state index in [1.54, 1.807) is 28.6 Å². The Kier molecular flexibility index (Phi) is 5.76. The van der Waals surface area contributed by atoms with E-state index in [9.17, 15) is 13.2 Å². The van der Waals surface area contributed by atoms with Gasteiger partial charge in [0.1, 0.15) is 0 Å². The standard InChI is InChI=1S/C18H26N2O4S/c1-24-18(21)16-4-2-3-15(11-16)13-25(22,23)20-9-7-17(8-10-20)19-12-14-5-6-14/h2-4,11,14,17,19H,5-10,12-13H2,1H3. The zero-order chi connectivity index (χ0) is 17.9. The van der Waals surface area contributed by atoms with Crippen LogP contribution in [0.15, 0.2) is 24.3 Å². The molecule has 1 saturated carbocycles. The van der Waals surface area contributed by atoms with Crippen LogP contribution in [0.3, 0.4) is 0 Å². The Labute approximate surface area is 149 Å². The van der Waals surface area contributed by atoms with Crippen LogP contribution < -0.4 is 5.32 Å². The molecule has 0 bridgehead atoms. The van der Waals surface area contributed by atoms with Crippen LogP contribution in [0.2, 0.25) is 0 Å². The highest BCUT2D eigenvalue weighted by Gasteiger charge is 2.29. The summed E-state index contributed by atoms with van der Waals surface area (Å²) in [6.45, 7) is 2.18. The minimum absolute atomic E-state index is 0.0853. The predicted octanol–water partition coefficient (Wildman–Crippen LogP) is 1.77. The lowest BCUT2D eigenvalue weighted by Crippen LogP contribution is -2.45. The summed E-state index contributed by atoms with van der Waals surface area (Å²) >= 11 is 0. The van der Waals surface area contributed by atoms with Crippen LogP contribution in [0.1, 0.15) is 41.6 Å². The Morgan fingerprint density at radius 1 is 1.24 bits per heavy atom. The third-order valence-electron chi connectivity index (χ3n) is 4.94. The lowest BCUT2D eigenvalue weighted by molar-refractivity contribution is 0.0600. The van der Waals surface area contributed by atoms with Crippen molar-refractivity contribution in [1.29, 1.82) is 0 Å². The van der Waals surface area contributed by atoms with E-state index >= 15 is 0 Å². The number of esters is 1. The number of benzene rings is 1. The molecular formula is C18H26N2O4S. The number of hydrogen-bond donors (Lipinski definition) is 1. The van der Waals surface area contributed by atoms with Gasteiger partial charge in [-0.1, -0.05) is 12.1 Å².